The standard InChI is InChI=1S/C12H19N3O/c1-4-9(3)14-12(16)10-5-6-11(15-13)8(2)7-10/h5-7,9,15H,4,13H2,1-3H3,(H,14,16). The molecular formula is C12H19N3O. The minimum absolute atomic E-state index is 0.0407. The molecule has 4 heteroatoms. The van der Waals surface area contributed by atoms with Crippen LogP contribution in [0, 0.1) is 6.92 Å². The Morgan fingerprint density at radius 1 is 1.50 bits per heavy atom. The van der Waals surface area contributed by atoms with Crippen LogP contribution in [0.3, 0.4) is 0 Å². The van der Waals surface area contributed by atoms with Crippen LogP contribution in [0.5, 0.6) is 0 Å². The van der Waals surface area contributed by atoms with Crippen LogP contribution in [0.1, 0.15) is 36.2 Å². The Balaban J connectivity index is 2.81. The molecule has 16 heavy (non-hydrogen) atoms. The van der Waals surface area contributed by atoms with Crippen molar-refractivity contribution in [1.82, 2.24) is 5.32 Å². The van der Waals surface area contributed by atoms with Crippen molar-refractivity contribution < 1.29 is 4.79 Å². The highest BCUT2D eigenvalue weighted by Crippen LogP contribution is 2.15. The van der Waals surface area contributed by atoms with Gasteiger partial charge in [0.15, 0.2) is 0 Å². The van der Waals surface area contributed by atoms with Crippen molar-refractivity contribution in [2.24, 2.45) is 5.84 Å². The van der Waals surface area contributed by atoms with Gasteiger partial charge in [-0.15, -0.1) is 0 Å². The molecule has 0 fully saturated rings. The lowest BCUT2D eigenvalue weighted by Crippen LogP contribution is -2.31. The number of benzene rings is 1. The van der Waals surface area contributed by atoms with Crippen LogP contribution < -0.4 is 16.6 Å². The smallest absolute Gasteiger partial charge is 0.251 e. The zero-order valence-corrected chi connectivity index (χ0v) is 10.0. The summed E-state index contributed by atoms with van der Waals surface area (Å²) in [6, 6.07) is 5.59. The molecule has 0 heterocycles. The Labute approximate surface area is 96.2 Å². The van der Waals surface area contributed by atoms with Gasteiger partial charge in [-0.05, 0) is 44.0 Å². The molecule has 1 rings (SSSR count). The summed E-state index contributed by atoms with van der Waals surface area (Å²) >= 11 is 0. The molecule has 1 aromatic rings. The monoisotopic (exact) mass is 221 g/mol. The first-order valence-electron chi connectivity index (χ1n) is 5.46. The highest BCUT2D eigenvalue weighted by atomic mass is 16.1. The molecule has 1 atom stereocenters. The van der Waals surface area contributed by atoms with Crippen molar-refractivity contribution >= 4 is 11.6 Å². The van der Waals surface area contributed by atoms with Gasteiger partial charge in [-0.1, -0.05) is 6.92 Å². The lowest BCUT2D eigenvalue weighted by Gasteiger charge is -2.12. The van der Waals surface area contributed by atoms with E-state index in [9.17, 15) is 4.79 Å². The van der Waals surface area contributed by atoms with E-state index < -0.39 is 0 Å². The van der Waals surface area contributed by atoms with Crippen molar-refractivity contribution in [2.45, 2.75) is 33.2 Å². The molecule has 88 valence electrons. The number of nitrogen functional groups attached to an aromatic ring is 1. The fourth-order valence-corrected chi connectivity index (χ4v) is 1.38. The number of carbonyl (C=O) groups is 1. The average Bonchev–Trinajstić information content (AvgIpc) is 2.28. The van der Waals surface area contributed by atoms with E-state index in [1.165, 1.54) is 0 Å². The summed E-state index contributed by atoms with van der Waals surface area (Å²) in [6.45, 7) is 5.94. The van der Waals surface area contributed by atoms with Crippen LogP contribution in [-0.4, -0.2) is 11.9 Å². The van der Waals surface area contributed by atoms with Gasteiger partial charge in [-0.25, -0.2) is 0 Å². The molecule has 0 aliphatic rings. The molecule has 4 N–H and O–H groups in total. The molecule has 0 saturated carbocycles. The minimum atomic E-state index is -0.0407. The second kappa shape index (κ2) is 5.51. The van der Waals surface area contributed by atoms with Gasteiger partial charge in [0.25, 0.3) is 5.91 Å². The first kappa shape index (κ1) is 12.5. The third-order valence-corrected chi connectivity index (χ3v) is 2.63. The van der Waals surface area contributed by atoms with E-state index in [0.717, 1.165) is 17.7 Å². The number of rotatable bonds is 4. The van der Waals surface area contributed by atoms with Gasteiger partial charge >= 0.3 is 0 Å². The van der Waals surface area contributed by atoms with Crippen molar-refractivity contribution in [3.63, 3.8) is 0 Å². The van der Waals surface area contributed by atoms with Crippen molar-refractivity contribution in [2.75, 3.05) is 5.43 Å². The zero-order valence-electron chi connectivity index (χ0n) is 10.0. The summed E-state index contributed by atoms with van der Waals surface area (Å²) in [5.74, 6) is 5.29. The number of amides is 1. The molecule has 1 unspecified atom stereocenters. The summed E-state index contributed by atoms with van der Waals surface area (Å²) in [5.41, 5.74) is 5.04. The number of aryl methyl sites for hydroxylation is 1. The first-order chi connectivity index (χ1) is 7.58. The summed E-state index contributed by atoms with van der Waals surface area (Å²) in [4.78, 5) is 11.8. The molecule has 0 radical (unpaired) electrons. The van der Waals surface area contributed by atoms with Crippen molar-refractivity contribution in [3.8, 4) is 0 Å². The summed E-state index contributed by atoms with van der Waals surface area (Å²) in [7, 11) is 0. The predicted molar refractivity (Wildman–Crippen MR) is 66.2 cm³/mol. The van der Waals surface area contributed by atoms with Crippen LogP contribution in [0.2, 0.25) is 0 Å². The van der Waals surface area contributed by atoms with Gasteiger partial charge in [0, 0.05) is 11.6 Å². The largest absolute Gasteiger partial charge is 0.350 e. The van der Waals surface area contributed by atoms with Gasteiger partial charge in [-0.3, -0.25) is 10.6 Å². The maximum absolute atomic E-state index is 11.8. The number of hydrogen-bond acceptors (Lipinski definition) is 3. The molecular weight excluding hydrogens is 202 g/mol. The highest BCUT2D eigenvalue weighted by molar-refractivity contribution is 5.95. The average molecular weight is 221 g/mol. The fourth-order valence-electron chi connectivity index (χ4n) is 1.38. The maximum atomic E-state index is 11.8. The van der Waals surface area contributed by atoms with Gasteiger partial charge in [0.1, 0.15) is 0 Å². The van der Waals surface area contributed by atoms with E-state index in [1.54, 1.807) is 12.1 Å². The van der Waals surface area contributed by atoms with E-state index in [1.807, 2.05) is 26.8 Å². The number of nitrogens with two attached hydrogens (primary N) is 1. The van der Waals surface area contributed by atoms with E-state index in [2.05, 4.69) is 10.7 Å². The lowest BCUT2D eigenvalue weighted by atomic mass is 10.1. The topological polar surface area (TPSA) is 67.2 Å². The Morgan fingerprint density at radius 3 is 2.69 bits per heavy atom. The van der Waals surface area contributed by atoms with Crippen LogP contribution >= 0.6 is 0 Å². The number of nitrogens with one attached hydrogen (secondary N) is 2. The number of hydrazine groups is 1. The molecule has 1 aromatic carbocycles. The van der Waals surface area contributed by atoms with Crippen LogP contribution in [0.25, 0.3) is 0 Å². The summed E-state index contributed by atoms with van der Waals surface area (Å²) in [5, 5.41) is 2.92. The molecule has 0 spiro atoms. The van der Waals surface area contributed by atoms with Gasteiger partial charge in [0.2, 0.25) is 0 Å². The van der Waals surface area contributed by atoms with E-state index in [-0.39, 0.29) is 11.9 Å². The second-order valence-electron chi connectivity index (χ2n) is 3.96. The normalized spacial score (nSPS) is 12.0. The fraction of sp³-hybridized carbons (Fsp3) is 0.417. The van der Waals surface area contributed by atoms with Crippen molar-refractivity contribution in [1.29, 1.82) is 0 Å². The highest BCUT2D eigenvalue weighted by Gasteiger charge is 2.09. The molecule has 1 amide bonds. The van der Waals surface area contributed by atoms with E-state index >= 15 is 0 Å². The van der Waals surface area contributed by atoms with Crippen molar-refractivity contribution in [3.05, 3.63) is 29.3 Å². The Bertz CT molecular complexity index is 377. The first-order valence-corrected chi connectivity index (χ1v) is 5.46. The van der Waals surface area contributed by atoms with Gasteiger partial charge in [0.05, 0.1) is 5.69 Å². The molecule has 4 nitrogen and oxygen atoms in total. The molecule has 0 aliphatic carbocycles. The number of hydrogen-bond donors (Lipinski definition) is 3. The number of carbonyl (C=O) groups excluding carboxylic acids is 1. The quantitative estimate of drug-likeness (QED) is 0.536. The molecule has 0 bridgehead atoms. The van der Waals surface area contributed by atoms with Crippen LogP contribution in [0.4, 0.5) is 5.69 Å². The summed E-state index contributed by atoms with van der Waals surface area (Å²) in [6.07, 6.45) is 0.924. The maximum Gasteiger partial charge on any atom is 0.251 e. The Kier molecular flexibility index (Phi) is 4.31. The molecule has 0 aromatic heterocycles. The number of anilines is 1. The van der Waals surface area contributed by atoms with E-state index in [4.69, 9.17) is 5.84 Å². The molecule has 0 saturated heterocycles. The van der Waals surface area contributed by atoms with Gasteiger partial charge in [-0.2, -0.15) is 0 Å². The third kappa shape index (κ3) is 2.97. The van der Waals surface area contributed by atoms with Gasteiger partial charge < -0.3 is 10.7 Å². The van der Waals surface area contributed by atoms with E-state index in [0.29, 0.717) is 5.56 Å². The lowest BCUT2D eigenvalue weighted by molar-refractivity contribution is 0.0939. The van der Waals surface area contributed by atoms with Crippen LogP contribution in [0.15, 0.2) is 18.2 Å². The second-order valence-corrected chi connectivity index (χ2v) is 3.96. The van der Waals surface area contributed by atoms with Crippen LogP contribution in [-0.2, 0) is 0 Å². The summed E-state index contributed by atoms with van der Waals surface area (Å²) < 4.78 is 0. The Morgan fingerprint density at radius 2 is 2.19 bits per heavy atom. The zero-order chi connectivity index (χ0) is 12.1. The molecule has 0 aliphatic heterocycles. The predicted octanol–water partition coefficient (Wildman–Crippen LogP) is 1.81. The minimum Gasteiger partial charge on any atom is -0.350 e. The Hall–Kier alpha value is -1.55. The third-order valence-electron chi connectivity index (χ3n) is 2.63. The SMILES string of the molecule is CCC(C)NC(=O)c1ccc(NN)c(C)c1.